The number of hydrogen-bond acceptors (Lipinski definition) is 3. The highest BCUT2D eigenvalue weighted by molar-refractivity contribution is 5.72. The highest BCUT2D eigenvalue weighted by atomic mass is 16.1. The fourth-order valence-corrected chi connectivity index (χ4v) is 0. The van der Waals surface area contributed by atoms with E-state index < -0.39 is 0 Å². The molecule has 0 saturated carbocycles. The van der Waals surface area contributed by atoms with Gasteiger partial charge in [0, 0.05) is 27.9 Å². The first-order valence-electron chi connectivity index (χ1n) is 4.47. The van der Waals surface area contributed by atoms with Crippen LogP contribution in [0.25, 0.3) is 0 Å². The number of carbonyl (C=O) groups excluding carboxylic acids is 2. The Kier molecular flexibility index (Phi) is 148. The monoisotopic (exact) mass is 285 g/mol. The molecule has 0 aromatic heterocycles. The minimum absolute atomic E-state index is 0. The van der Waals surface area contributed by atoms with Crippen molar-refractivity contribution in [2.24, 2.45) is 0 Å². The van der Waals surface area contributed by atoms with E-state index in [1.807, 2.05) is 7.05 Å². The van der Waals surface area contributed by atoms with Gasteiger partial charge in [0.2, 0.25) is 11.8 Å². The second kappa shape index (κ2) is 53.9. The van der Waals surface area contributed by atoms with Crippen molar-refractivity contribution in [3.05, 3.63) is 0 Å². The molecule has 5 heteroatoms. The van der Waals surface area contributed by atoms with Crippen LogP contribution in [0.2, 0.25) is 0 Å². The molecule has 5 nitrogen and oxygen atoms in total. The van der Waals surface area contributed by atoms with Gasteiger partial charge < -0.3 is 16.0 Å². The summed E-state index contributed by atoms with van der Waals surface area (Å²) >= 11 is 0. The Balaban J connectivity index is -0.0000000141. The van der Waals surface area contributed by atoms with Crippen LogP contribution in [-0.4, -0.2) is 39.5 Å². The largest absolute Gasteiger partial charge is 0.359 e. The maximum absolute atomic E-state index is 9.70. The number of amides is 2. The zero-order valence-corrected chi connectivity index (χ0v) is 10.0. The smallest absolute Gasteiger partial charge is 0.216 e. The van der Waals surface area contributed by atoms with E-state index in [1.54, 1.807) is 14.1 Å². The maximum atomic E-state index is 9.70. The molecule has 0 saturated heterocycles. The minimum atomic E-state index is 0. The third-order valence-corrected chi connectivity index (χ3v) is 1.06. The lowest BCUT2D eigenvalue weighted by molar-refractivity contribution is -0.119. The molecule has 2 amide bonds. The molecule has 0 rings (SSSR count). The summed E-state index contributed by atoms with van der Waals surface area (Å²) in [4.78, 5) is 19.4. The van der Waals surface area contributed by atoms with Gasteiger partial charge in [-0.05, 0) is 13.6 Å². The summed E-state index contributed by atoms with van der Waals surface area (Å²) in [5.74, 6) is 0.00926. The Hall–Kier alpha value is -1.10. The molecular weight excluding hydrogens is 242 g/mol. The lowest BCUT2D eigenvalue weighted by Crippen LogP contribution is -2.11. The van der Waals surface area contributed by atoms with Crippen LogP contribution in [0, 0.1) is 0 Å². The Morgan fingerprint density at radius 3 is 0.842 bits per heavy atom. The second-order valence-electron chi connectivity index (χ2n) is 2.32. The van der Waals surface area contributed by atoms with Gasteiger partial charge in [-0.15, -0.1) is 0 Å². The molecule has 0 heterocycles. The van der Waals surface area contributed by atoms with E-state index >= 15 is 0 Å². The third-order valence-electron chi connectivity index (χ3n) is 1.06. The fraction of sp³-hybridized carbons (Fsp3) is 0.857. The maximum Gasteiger partial charge on any atom is 0.216 e. The van der Waals surface area contributed by atoms with Crippen molar-refractivity contribution >= 4 is 11.8 Å². The van der Waals surface area contributed by atoms with Crippen LogP contribution in [0.1, 0.15) is 57.9 Å². The van der Waals surface area contributed by atoms with Gasteiger partial charge in [0.15, 0.2) is 0 Å². The van der Waals surface area contributed by atoms with Gasteiger partial charge in [-0.3, -0.25) is 9.59 Å². The first-order valence-corrected chi connectivity index (χ1v) is 4.47. The number of nitrogens with one attached hydrogen (secondary N) is 3. The average molecular weight is 286 g/mol. The van der Waals surface area contributed by atoms with E-state index in [1.165, 1.54) is 13.8 Å². The van der Waals surface area contributed by atoms with Crippen LogP contribution in [0.5, 0.6) is 0 Å². The van der Waals surface area contributed by atoms with Crippen molar-refractivity contribution in [1.29, 1.82) is 0 Å². The highest BCUT2D eigenvalue weighted by Crippen LogP contribution is 1.45. The van der Waals surface area contributed by atoms with Gasteiger partial charge >= 0.3 is 0 Å². The van der Waals surface area contributed by atoms with E-state index in [4.69, 9.17) is 0 Å². The van der Waals surface area contributed by atoms with Crippen LogP contribution >= 0.6 is 0 Å². The van der Waals surface area contributed by atoms with Gasteiger partial charge in [-0.1, -0.05) is 44.1 Å². The first-order chi connectivity index (χ1) is 6.45. The normalized spacial score (nSPS) is 5.16. The molecule has 0 spiro atoms. The van der Waals surface area contributed by atoms with Crippen LogP contribution in [0.3, 0.4) is 0 Å². The van der Waals surface area contributed by atoms with E-state index in [0.29, 0.717) is 0 Å². The molecule has 0 radical (unpaired) electrons. The Labute approximate surface area is 123 Å². The molecule has 19 heavy (non-hydrogen) atoms. The zero-order chi connectivity index (χ0) is 12.0. The molecule has 3 N–H and O–H groups in total. The fourth-order valence-electron chi connectivity index (χ4n) is 0. The topological polar surface area (TPSA) is 70.2 Å². The van der Waals surface area contributed by atoms with Crippen molar-refractivity contribution < 1.29 is 9.59 Å². The quantitative estimate of drug-likeness (QED) is 0.694. The van der Waals surface area contributed by atoms with Crippen molar-refractivity contribution in [1.82, 2.24) is 16.0 Å². The van der Waals surface area contributed by atoms with Gasteiger partial charge in [-0.25, -0.2) is 0 Å². The first kappa shape index (κ1) is 52.2. The van der Waals surface area contributed by atoms with E-state index in [2.05, 4.69) is 22.9 Å². The molecule has 0 aliphatic rings. The zero-order valence-electron chi connectivity index (χ0n) is 10.0. The molecule has 0 atom stereocenters. The number of rotatable bonds is 1. The number of hydrogen-bond donors (Lipinski definition) is 3. The summed E-state index contributed by atoms with van der Waals surface area (Å²) < 4.78 is 0. The lowest BCUT2D eigenvalue weighted by atomic mass is 10.7. The summed E-state index contributed by atoms with van der Waals surface area (Å²) in [6, 6.07) is 0. The molecule has 0 bridgehead atoms. The molecule has 0 unspecified atom stereocenters. The predicted molar refractivity (Wildman–Crippen MR) is 92.7 cm³/mol. The van der Waals surface area contributed by atoms with Crippen molar-refractivity contribution in [2.45, 2.75) is 57.9 Å². The second-order valence-corrected chi connectivity index (χ2v) is 2.32. The molecule has 0 aliphatic heterocycles. The molecular formula is C14H43N3O2. The molecule has 0 aliphatic carbocycles. The molecule has 126 valence electrons. The Morgan fingerprint density at radius 2 is 0.842 bits per heavy atom. The van der Waals surface area contributed by atoms with E-state index in [0.717, 1.165) is 6.54 Å². The highest BCUT2D eigenvalue weighted by Gasteiger charge is 1.73. The van der Waals surface area contributed by atoms with E-state index in [9.17, 15) is 9.59 Å². The van der Waals surface area contributed by atoms with Crippen LogP contribution in [0.4, 0.5) is 0 Å². The summed E-state index contributed by atoms with van der Waals surface area (Å²) in [6.07, 6.45) is 0. The van der Waals surface area contributed by atoms with Gasteiger partial charge in [-0.2, -0.15) is 0 Å². The lowest BCUT2D eigenvalue weighted by Gasteiger charge is -1.80. The van der Waals surface area contributed by atoms with Crippen molar-refractivity contribution in [3.63, 3.8) is 0 Å². The molecule has 0 aromatic carbocycles. The van der Waals surface area contributed by atoms with Crippen LogP contribution < -0.4 is 16.0 Å². The summed E-state index contributed by atoms with van der Waals surface area (Å²) in [5.41, 5.74) is 0. The summed E-state index contributed by atoms with van der Waals surface area (Å²) in [5, 5.41) is 7.71. The third kappa shape index (κ3) is 247. The van der Waals surface area contributed by atoms with Gasteiger partial charge in [0.25, 0.3) is 0 Å². The van der Waals surface area contributed by atoms with Gasteiger partial charge in [0.05, 0.1) is 0 Å². The average Bonchev–Trinajstić information content (AvgIpc) is 2.19. The molecule has 0 fully saturated rings. The van der Waals surface area contributed by atoms with Crippen molar-refractivity contribution in [3.8, 4) is 0 Å². The Morgan fingerprint density at radius 1 is 0.737 bits per heavy atom. The molecule has 0 aromatic rings. The summed E-state index contributed by atoms with van der Waals surface area (Å²) in [6.45, 7) is 6.08. The van der Waals surface area contributed by atoms with Crippen LogP contribution in [-0.2, 0) is 9.59 Å². The standard InChI is InChI=1S/2C3H7NO.C3H9N.5CH4/c2*1-3(5)4-2;1-3-4-2;;;;;/h2*1-2H3,(H,4,5);4H,3H2,1-2H3;5*1H4. The summed E-state index contributed by atoms with van der Waals surface area (Å²) in [7, 11) is 5.13. The van der Waals surface area contributed by atoms with Gasteiger partial charge in [0.1, 0.15) is 0 Å². The van der Waals surface area contributed by atoms with Crippen molar-refractivity contribution in [2.75, 3.05) is 27.7 Å². The SMILES string of the molecule is C.C.C.C.C.CCNC.CNC(C)=O.CNC(C)=O. The minimum Gasteiger partial charge on any atom is -0.359 e. The van der Waals surface area contributed by atoms with Crippen LogP contribution in [0.15, 0.2) is 0 Å². The predicted octanol–water partition coefficient (Wildman–Crippen LogP) is 2.91. The van der Waals surface area contributed by atoms with E-state index in [-0.39, 0.29) is 48.9 Å². The Bertz CT molecular complexity index is 125. The number of carbonyl (C=O) groups is 2.